The average Bonchev–Trinajstić information content (AvgIpc) is 2.68. The van der Waals surface area contributed by atoms with Gasteiger partial charge in [-0.05, 0) is 55.9 Å². The normalized spacial score (nSPS) is 10.5. The van der Waals surface area contributed by atoms with Gasteiger partial charge < -0.3 is 0 Å². The lowest BCUT2D eigenvalue weighted by Crippen LogP contribution is -2.00. The molecule has 0 radical (unpaired) electrons. The molecule has 0 saturated carbocycles. The molecule has 1 aromatic carbocycles. The van der Waals surface area contributed by atoms with Crippen LogP contribution in [0, 0.1) is 11.8 Å². The summed E-state index contributed by atoms with van der Waals surface area (Å²) in [7, 11) is 0. The van der Waals surface area contributed by atoms with E-state index < -0.39 is 0 Å². The summed E-state index contributed by atoms with van der Waals surface area (Å²) in [6.07, 6.45) is 18.5. The van der Waals surface area contributed by atoms with Crippen LogP contribution >= 0.6 is 0 Å². The van der Waals surface area contributed by atoms with Crippen LogP contribution in [0.2, 0.25) is 0 Å². The Hall–Kier alpha value is -1.55. The van der Waals surface area contributed by atoms with Crippen LogP contribution in [0.5, 0.6) is 0 Å². The van der Waals surface area contributed by atoms with Gasteiger partial charge in [0.05, 0.1) is 0 Å². The van der Waals surface area contributed by atoms with Crippen LogP contribution in [0.4, 0.5) is 0 Å². The summed E-state index contributed by atoms with van der Waals surface area (Å²) in [5.74, 6) is 6.34. The molecule has 1 rings (SSSR count). The van der Waals surface area contributed by atoms with Crippen LogP contribution in [-0.4, -0.2) is 6.29 Å². The maximum absolute atomic E-state index is 11.6. The minimum atomic E-state index is 0.881. The van der Waals surface area contributed by atoms with Crippen molar-refractivity contribution in [2.45, 2.75) is 111 Å². The van der Waals surface area contributed by atoms with Crippen molar-refractivity contribution in [1.29, 1.82) is 0 Å². The molecule has 0 bridgehead atoms. The maximum Gasteiger partial charge on any atom is 0.150 e. The molecule has 0 unspecified atom stereocenters. The zero-order chi connectivity index (χ0) is 19.7. The number of aldehydes is 1. The molecule has 1 heteroatoms. The van der Waals surface area contributed by atoms with E-state index in [1.165, 1.54) is 88.2 Å². The van der Waals surface area contributed by atoms with Crippen molar-refractivity contribution >= 4 is 6.29 Å². The molecule has 0 heterocycles. The molecule has 0 atom stereocenters. The summed E-state index contributed by atoms with van der Waals surface area (Å²) in [5.41, 5.74) is 4.46. The van der Waals surface area contributed by atoms with E-state index in [0.29, 0.717) is 0 Å². The van der Waals surface area contributed by atoms with Gasteiger partial charge in [-0.1, -0.05) is 84.0 Å². The van der Waals surface area contributed by atoms with Crippen molar-refractivity contribution < 1.29 is 4.79 Å². The number of hydrogen-bond acceptors (Lipinski definition) is 1. The van der Waals surface area contributed by atoms with E-state index in [0.717, 1.165) is 30.3 Å². The van der Waals surface area contributed by atoms with E-state index in [4.69, 9.17) is 0 Å². The Morgan fingerprint density at radius 3 is 1.78 bits per heavy atom. The second-order valence-electron chi connectivity index (χ2n) is 7.74. The Bertz CT molecular complexity index is 588. The fourth-order valence-electron chi connectivity index (χ4n) is 3.68. The third-order valence-corrected chi connectivity index (χ3v) is 5.35. The summed E-state index contributed by atoms with van der Waals surface area (Å²) in [5, 5.41) is 0. The second kappa shape index (κ2) is 15.5. The molecule has 0 spiro atoms. The van der Waals surface area contributed by atoms with Gasteiger partial charge in [0.1, 0.15) is 6.29 Å². The van der Waals surface area contributed by atoms with Gasteiger partial charge >= 0.3 is 0 Å². The number of benzene rings is 1. The van der Waals surface area contributed by atoms with Crippen LogP contribution < -0.4 is 0 Å². The molecule has 0 aliphatic rings. The lowest BCUT2D eigenvalue weighted by molar-refractivity contribution is 0.112. The van der Waals surface area contributed by atoms with E-state index in [9.17, 15) is 4.79 Å². The third-order valence-electron chi connectivity index (χ3n) is 5.35. The number of aryl methyl sites for hydroxylation is 2. The summed E-state index contributed by atoms with van der Waals surface area (Å²) >= 11 is 0. The Balaban J connectivity index is 2.66. The Kier molecular flexibility index (Phi) is 13.5. The highest BCUT2D eigenvalue weighted by Crippen LogP contribution is 2.21. The highest BCUT2D eigenvalue weighted by atomic mass is 16.1. The Morgan fingerprint density at radius 2 is 1.26 bits per heavy atom. The lowest BCUT2D eigenvalue weighted by Gasteiger charge is -2.11. The number of carbonyl (C=O) groups is 1. The molecule has 0 amide bonds. The molecular weight excluding hydrogens is 328 g/mol. The van der Waals surface area contributed by atoms with E-state index >= 15 is 0 Å². The molecule has 1 aromatic rings. The molecule has 0 aromatic heterocycles. The monoisotopic (exact) mass is 368 g/mol. The molecular formula is C26H40O. The molecule has 0 aliphatic carbocycles. The zero-order valence-electron chi connectivity index (χ0n) is 18.0. The number of hydrogen-bond donors (Lipinski definition) is 0. The smallest absolute Gasteiger partial charge is 0.150 e. The number of rotatable bonds is 15. The van der Waals surface area contributed by atoms with Gasteiger partial charge in [0.2, 0.25) is 0 Å². The molecule has 0 fully saturated rings. The van der Waals surface area contributed by atoms with Gasteiger partial charge in [0, 0.05) is 11.1 Å². The van der Waals surface area contributed by atoms with E-state index in [-0.39, 0.29) is 0 Å². The topological polar surface area (TPSA) is 17.1 Å². The highest BCUT2D eigenvalue weighted by molar-refractivity contribution is 5.78. The Labute approximate surface area is 168 Å². The van der Waals surface area contributed by atoms with Crippen molar-refractivity contribution in [3.05, 3.63) is 34.4 Å². The zero-order valence-corrected chi connectivity index (χ0v) is 18.0. The van der Waals surface area contributed by atoms with Crippen LogP contribution in [0.1, 0.15) is 125 Å². The van der Waals surface area contributed by atoms with E-state index in [1.807, 2.05) is 6.92 Å². The Morgan fingerprint density at radius 1 is 0.741 bits per heavy atom. The predicted octanol–water partition coefficient (Wildman–Crippen LogP) is 7.68. The summed E-state index contributed by atoms with van der Waals surface area (Å²) in [6.45, 7) is 6.40. The second-order valence-corrected chi connectivity index (χ2v) is 7.74. The fourth-order valence-corrected chi connectivity index (χ4v) is 3.68. The summed E-state index contributed by atoms with van der Waals surface area (Å²) in [6, 6.07) is 4.31. The van der Waals surface area contributed by atoms with Crippen molar-refractivity contribution in [1.82, 2.24) is 0 Å². The van der Waals surface area contributed by atoms with Gasteiger partial charge in [-0.3, -0.25) is 4.79 Å². The first-order valence-corrected chi connectivity index (χ1v) is 11.3. The predicted molar refractivity (Wildman–Crippen MR) is 119 cm³/mol. The maximum atomic E-state index is 11.6. The third kappa shape index (κ3) is 9.81. The molecule has 0 aliphatic heterocycles. The molecule has 0 N–H and O–H groups in total. The van der Waals surface area contributed by atoms with Gasteiger partial charge in [-0.25, -0.2) is 0 Å². The molecule has 0 saturated heterocycles. The quantitative estimate of drug-likeness (QED) is 0.176. The standard InChI is InChI=1S/C26H40O/c1-4-7-9-11-13-15-18-24-21-26(22-27)25(20-23(24)17-6-3)19-16-14-12-10-8-5-2/h20-22H,4-5,7-16,18-19H2,1-3H3. The van der Waals surface area contributed by atoms with Crippen LogP contribution in [0.3, 0.4) is 0 Å². The van der Waals surface area contributed by atoms with Gasteiger partial charge in [0.25, 0.3) is 0 Å². The highest BCUT2D eigenvalue weighted by Gasteiger charge is 2.09. The lowest BCUT2D eigenvalue weighted by atomic mass is 9.92. The number of unbranched alkanes of at least 4 members (excludes halogenated alkanes) is 10. The molecule has 150 valence electrons. The first-order valence-electron chi connectivity index (χ1n) is 11.3. The summed E-state index contributed by atoms with van der Waals surface area (Å²) in [4.78, 5) is 11.6. The van der Waals surface area contributed by atoms with Crippen LogP contribution in [-0.2, 0) is 12.8 Å². The van der Waals surface area contributed by atoms with Gasteiger partial charge in [-0.2, -0.15) is 0 Å². The molecule has 1 nitrogen and oxygen atoms in total. The van der Waals surface area contributed by atoms with Crippen molar-refractivity contribution in [3.63, 3.8) is 0 Å². The van der Waals surface area contributed by atoms with E-state index in [2.05, 4.69) is 37.8 Å². The summed E-state index contributed by atoms with van der Waals surface area (Å²) < 4.78 is 0. The van der Waals surface area contributed by atoms with Crippen LogP contribution in [0.25, 0.3) is 0 Å². The van der Waals surface area contributed by atoms with E-state index in [1.54, 1.807) is 0 Å². The fraction of sp³-hybridized carbons (Fsp3) is 0.654. The minimum Gasteiger partial charge on any atom is -0.298 e. The first kappa shape index (κ1) is 23.5. The number of carbonyl (C=O) groups excluding carboxylic acids is 1. The minimum absolute atomic E-state index is 0.881. The largest absolute Gasteiger partial charge is 0.298 e. The van der Waals surface area contributed by atoms with Crippen molar-refractivity contribution in [2.75, 3.05) is 0 Å². The average molecular weight is 369 g/mol. The van der Waals surface area contributed by atoms with Gasteiger partial charge in [0.15, 0.2) is 0 Å². The van der Waals surface area contributed by atoms with Crippen LogP contribution in [0.15, 0.2) is 12.1 Å². The SMILES string of the molecule is CC#Cc1cc(CCCCCCCC)c(C=O)cc1CCCCCCCC. The van der Waals surface area contributed by atoms with Crippen molar-refractivity contribution in [3.8, 4) is 11.8 Å². The first-order chi connectivity index (χ1) is 13.3. The van der Waals surface area contributed by atoms with Crippen molar-refractivity contribution in [2.24, 2.45) is 0 Å². The molecule has 27 heavy (non-hydrogen) atoms. The van der Waals surface area contributed by atoms with Gasteiger partial charge in [-0.15, -0.1) is 5.92 Å².